The molecule has 0 radical (unpaired) electrons. The lowest BCUT2D eigenvalue weighted by Gasteiger charge is -2.27. The van der Waals surface area contributed by atoms with Gasteiger partial charge in [-0.15, -0.1) is 0 Å². The molecule has 3 aromatic rings. The number of hydrogen-bond donors (Lipinski definition) is 2. The van der Waals surface area contributed by atoms with Crippen LogP contribution in [-0.2, 0) is 5.41 Å². The van der Waals surface area contributed by atoms with Crippen LogP contribution in [0.1, 0.15) is 49.2 Å². The highest BCUT2D eigenvalue weighted by molar-refractivity contribution is 5.91. The summed E-state index contributed by atoms with van der Waals surface area (Å²) in [6.45, 7) is 8.78. The number of carbonyl (C=O) groups is 1. The number of carboxylic acids is 1. The van der Waals surface area contributed by atoms with Crippen molar-refractivity contribution in [3.8, 4) is 23.0 Å². The van der Waals surface area contributed by atoms with E-state index in [1.54, 1.807) is 6.07 Å². The molecular weight excluding hydrogens is 420 g/mol. The van der Waals surface area contributed by atoms with Gasteiger partial charge >= 0.3 is 5.97 Å². The maximum Gasteiger partial charge on any atom is 0.339 e. The normalized spacial score (nSPS) is 11.3. The van der Waals surface area contributed by atoms with Gasteiger partial charge in [0.2, 0.25) is 0 Å². The molecule has 0 heterocycles. The fourth-order valence-corrected chi connectivity index (χ4v) is 3.44. The lowest BCUT2D eigenvalue weighted by molar-refractivity contribution is 0.0693. The third-order valence-electron chi connectivity index (χ3n) is 5.34. The highest BCUT2D eigenvalue weighted by atomic mass is 16.5. The van der Waals surface area contributed by atoms with E-state index in [-0.39, 0.29) is 17.4 Å². The van der Waals surface area contributed by atoms with Crippen molar-refractivity contribution in [2.45, 2.75) is 39.2 Å². The number of rotatable bonds is 10. The van der Waals surface area contributed by atoms with Crippen LogP contribution in [0, 0.1) is 0 Å². The summed E-state index contributed by atoms with van der Waals surface area (Å²) in [5.41, 5.74) is 1.23. The lowest BCUT2D eigenvalue weighted by Crippen LogP contribution is -2.19. The van der Waals surface area contributed by atoms with E-state index in [1.165, 1.54) is 12.1 Å². The molecule has 0 saturated heterocycles. The first-order valence-corrected chi connectivity index (χ1v) is 10.9. The van der Waals surface area contributed by atoms with Gasteiger partial charge in [-0.3, -0.25) is 0 Å². The predicted octanol–water partition coefficient (Wildman–Crippen LogP) is 5.66. The van der Waals surface area contributed by atoms with Crippen LogP contribution in [0.15, 0.2) is 66.7 Å². The van der Waals surface area contributed by atoms with Gasteiger partial charge in [0, 0.05) is 5.41 Å². The molecule has 0 aliphatic heterocycles. The third kappa shape index (κ3) is 6.19. The van der Waals surface area contributed by atoms with Crippen molar-refractivity contribution < 1.29 is 29.2 Å². The molecule has 6 nitrogen and oxygen atoms in total. The molecule has 3 aromatic carbocycles. The van der Waals surface area contributed by atoms with Gasteiger partial charge in [0.15, 0.2) is 0 Å². The van der Waals surface area contributed by atoms with Crippen molar-refractivity contribution >= 4 is 5.97 Å². The fraction of sp³-hybridized carbons (Fsp3) is 0.296. The zero-order valence-electron chi connectivity index (χ0n) is 19.4. The molecule has 0 unspecified atom stereocenters. The first-order valence-electron chi connectivity index (χ1n) is 10.9. The zero-order valence-corrected chi connectivity index (χ0v) is 19.4. The first kappa shape index (κ1) is 24.0. The van der Waals surface area contributed by atoms with Crippen LogP contribution >= 0.6 is 0 Å². The van der Waals surface area contributed by atoms with Crippen LogP contribution in [0.3, 0.4) is 0 Å². The molecular formula is C27H30O6. The number of hydrogen-bond acceptors (Lipinski definition) is 5. The Hall–Kier alpha value is -3.67. The van der Waals surface area contributed by atoms with E-state index in [1.807, 2.05) is 76.2 Å². The van der Waals surface area contributed by atoms with Crippen LogP contribution in [0.4, 0.5) is 0 Å². The van der Waals surface area contributed by atoms with Crippen molar-refractivity contribution in [3.63, 3.8) is 0 Å². The van der Waals surface area contributed by atoms with Gasteiger partial charge in [0.05, 0.1) is 6.10 Å². The van der Waals surface area contributed by atoms with Crippen molar-refractivity contribution in [2.75, 3.05) is 13.2 Å². The van der Waals surface area contributed by atoms with Crippen LogP contribution < -0.4 is 14.2 Å². The van der Waals surface area contributed by atoms with E-state index in [0.29, 0.717) is 13.2 Å². The quantitative estimate of drug-likeness (QED) is 0.388. The van der Waals surface area contributed by atoms with Crippen molar-refractivity contribution in [1.29, 1.82) is 0 Å². The van der Waals surface area contributed by atoms with Gasteiger partial charge in [-0.2, -0.15) is 0 Å². The molecule has 174 valence electrons. The molecule has 3 rings (SSSR count). The molecule has 0 aliphatic rings. The average molecular weight is 451 g/mol. The van der Waals surface area contributed by atoms with E-state index in [4.69, 9.17) is 14.2 Å². The molecule has 0 amide bonds. The largest absolute Gasteiger partial charge is 0.507 e. The van der Waals surface area contributed by atoms with Gasteiger partial charge in [-0.1, -0.05) is 32.0 Å². The SMILES string of the molecule is CC(C)Oc1ccc(OCCOc2ccc(C(C)(C)c3ccc(O)c(C(=O)O)c3)cc2)cc1. The minimum absolute atomic E-state index is 0.109. The Morgan fingerprint density at radius 2 is 1.30 bits per heavy atom. The van der Waals surface area contributed by atoms with Crippen molar-refractivity contribution in [2.24, 2.45) is 0 Å². The summed E-state index contributed by atoms with van der Waals surface area (Å²) in [7, 11) is 0. The summed E-state index contributed by atoms with van der Waals surface area (Å²) in [6, 6.07) is 19.8. The highest BCUT2D eigenvalue weighted by Gasteiger charge is 2.25. The minimum atomic E-state index is -1.16. The smallest absolute Gasteiger partial charge is 0.339 e. The molecule has 0 spiro atoms. The number of phenols is 1. The standard InChI is InChI=1S/C27H30O6/c1-18(2)33-23-12-10-22(11-13-23)32-16-15-31-21-8-5-19(6-9-21)27(3,4)20-7-14-25(28)24(17-20)26(29)30/h5-14,17-18,28H,15-16H2,1-4H3,(H,29,30). The number of aromatic carboxylic acids is 1. The Morgan fingerprint density at radius 1 is 0.818 bits per heavy atom. The van der Waals surface area contributed by atoms with Gasteiger partial charge < -0.3 is 24.4 Å². The Bertz CT molecular complexity index is 1070. The van der Waals surface area contributed by atoms with Crippen LogP contribution in [0.25, 0.3) is 0 Å². The lowest BCUT2D eigenvalue weighted by atomic mass is 9.77. The number of carboxylic acid groups (broad SMARTS) is 1. The fourth-order valence-electron chi connectivity index (χ4n) is 3.44. The minimum Gasteiger partial charge on any atom is -0.507 e. The first-order chi connectivity index (χ1) is 15.7. The van der Waals surface area contributed by atoms with E-state index in [0.717, 1.165) is 28.4 Å². The van der Waals surface area contributed by atoms with E-state index < -0.39 is 11.4 Å². The van der Waals surface area contributed by atoms with Crippen molar-refractivity contribution in [3.05, 3.63) is 83.4 Å². The Labute approximate surface area is 194 Å². The van der Waals surface area contributed by atoms with Crippen LogP contribution in [0.5, 0.6) is 23.0 Å². The number of benzene rings is 3. The Morgan fingerprint density at radius 3 is 1.82 bits per heavy atom. The second-order valence-corrected chi connectivity index (χ2v) is 8.52. The predicted molar refractivity (Wildman–Crippen MR) is 127 cm³/mol. The maximum atomic E-state index is 11.4. The van der Waals surface area contributed by atoms with E-state index in [2.05, 4.69) is 0 Å². The maximum absolute atomic E-state index is 11.4. The summed E-state index contributed by atoms with van der Waals surface area (Å²) in [5.74, 6) is 0.879. The summed E-state index contributed by atoms with van der Waals surface area (Å²) in [6.07, 6.45) is 0.130. The molecule has 2 N–H and O–H groups in total. The average Bonchev–Trinajstić information content (AvgIpc) is 2.77. The molecule has 33 heavy (non-hydrogen) atoms. The number of ether oxygens (including phenoxy) is 3. The van der Waals surface area contributed by atoms with Gasteiger partial charge in [-0.05, 0) is 73.5 Å². The van der Waals surface area contributed by atoms with Crippen molar-refractivity contribution in [1.82, 2.24) is 0 Å². The van der Waals surface area contributed by atoms with Crippen LogP contribution in [0.2, 0.25) is 0 Å². The summed E-state index contributed by atoms with van der Waals surface area (Å²) in [4.78, 5) is 11.4. The summed E-state index contributed by atoms with van der Waals surface area (Å²) in [5, 5.41) is 19.1. The summed E-state index contributed by atoms with van der Waals surface area (Å²) < 4.78 is 17.1. The second-order valence-electron chi connectivity index (χ2n) is 8.52. The van der Waals surface area contributed by atoms with Gasteiger partial charge in [0.1, 0.15) is 41.8 Å². The second kappa shape index (κ2) is 10.3. The topological polar surface area (TPSA) is 85.2 Å². The zero-order chi connectivity index (χ0) is 24.0. The van der Waals surface area contributed by atoms with Gasteiger partial charge in [0.25, 0.3) is 0 Å². The monoisotopic (exact) mass is 450 g/mol. The summed E-state index contributed by atoms with van der Waals surface area (Å²) >= 11 is 0. The molecule has 0 bridgehead atoms. The molecule has 0 saturated carbocycles. The third-order valence-corrected chi connectivity index (χ3v) is 5.34. The molecule has 6 heteroatoms. The molecule has 0 aromatic heterocycles. The Kier molecular flexibility index (Phi) is 7.48. The van der Waals surface area contributed by atoms with Crippen LogP contribution in [-0.4, -0.2) is 35.5 Å². The molecule has 0 fully saturated rings. The Balaban J connectivity index is 1.55. The van der Waals surface area contributed by atoms with E-state index >= 15 is 0 Å². The highest BCUT2D eigenvalue weighted by Crippen LogP contribution is 2.34. The molecule has 0 atom stereocenters. The van der Waals surface area contributed by atoms with Gasteiger partial charge in [-0.25, -0.2) is 4.79 Å². The molecule has 0 aliphatic carbocycles. The number of aromatic hydroxyl groups is 1. The van der Waals surface area contributed by atoms with E-state index in [9.17, 15) is 15.0 Å².